The summed E-state index contributed by atoms with van der Waals surface area (Å²) in [4.78, 5) is 20.8. The third kappa shape index (κ3) is 5.02. The van der Waals surface area contributed by atoms with E-state index >= 15 is 0 Å². The molecule has 1 aromatic heterocycles. The van der Waals surface area contributed by atoms with Gasteiger partial charge in [0.2, 0.25) is 10.0 Å². The van der Waals surface area contributed by atoms with Crippen LogP contribution in [0.3, 0.4) is 0 Å². The number of hydrogen-bond donors (Lipinski definition) is 1. The largest absolute Gasteiger partial charge is 0.322 e. The van der Waals surface area contributed by atoms with Crippen LogP contribution in [-0.2, 0) is 16.6 Å². The molecule has 0 saturated heterocycles. The van der Waals surface area contributed by atoms with Crippen molar-refractivity contribution in [2.45, 2.75) is 25.3 Å². The summed E-state index contributed by atoms with van der Waals surface area (Å²) in [6, 6.07) is 11.8. The van der Waals surface area contributed by atoms with Crippen molar-refractivity contribution in [3.63, 3.8) is 0 Å². The maximum absolute atomic E-state index is 12.7. The number of sulfonamides is 1. The molecule has 156 valence electrons. The minimum atomic E-state index is -3.67. The van der Waals surface area contributed by atoms with Gasteiger partial charge in [-0.15, -0.1) is 0 Å². The van der Waals surface area contributed by atoms with Gasteiger partial charge in [-0.05, 0) is 43.7 Å². The van der Waals surface area contributed by atoms with Crippen LogP contribution in [0.2, 0.25) is 5.02 Å². The molecule has 7 nitrogen and oxygen atoms in total. The van der Waals surface area contributed by atoms with Crippen molar-refractivity contribution >= 4 is 33.2 Å². The van der Waals surface area contributed by atoms with Crippen LogP contribution < -0.4 is 5.32 Å². The fraction of sp³-hybridized carbons (Fsp3) is 0.190. The van der Waals surface area contributed by atoms with Gasteiger partial charge in [-0.1, -0.05) is 35.4 Å². The number of aryl methyl sites for hydroxylation is 2. The van der Waals surface area contributed by atoms with E-state index in [1.165, 1.54) is 23.7 Å². The second-order valence-corrected chi connectivity index (χ2v) is 9.33. The summed E-state index contributed by atoms with van der Waals surface area (Å²) in [5.41, 5.74) is 2.69. The van der Waals surface area contributed by atoms with E-state index in [9.17, 15) is 13.2 Å². The summed E-state index contributed by atoms with van der Waals surface area (Å²) < 4.78 is 26.5. The summed E-state index contributed by atoms with van der Waals surface area (Å²) in [6.45, 7) is 3.74. The number of amides is 1. The molecular formula is C21H21ClN4O3S. The van der Waals surface area contributed by atoms with Crippen molar-refractivity contribution in [2.75, 3.05) is 12.4 Å². The first-order valence-electron chi connectivity index (χ1n) is 9.08. The summed E-state index contributed by atoms with van der Waals surface area (Å²) >= 11 is 6.07. The van der Waals surface area contributed by atoms with Gasteiger partial charge < -0.3 is 5.32 Å². The van der Waals surface area contributed by atoms with Gasteiger partial charge in [-0.2, -0.15) is 4.31 Å². The van der Waals surface area contributed by atoms with Crippen LogP contribution in [0.5, 0.6) is 0 Å². The molecule has 1 heterocycles. The predicted octanol–water partition coefficient (Wildman–Crippen LogP) is 3.82. The number of halogens is 1. The van der Waals surface area contributed by atoms with Gasteiger partial charge in [0.25, 0.3) is 5.91 Å². The molecule has 0 fully saturated rings. The van der Waals surface area contributed by atoms with E-state index in [2.05, 4.69) is 15.3 Å². The van der Waals surface area contributed by atoms with Crippen LogP contribution in [0.1, 0.15) is 27.3 Å². The lowest BCUT2D eigenvalue weighted by molar-refractivity contribution is 0.102. The maximum atomic E-state index is 12.7. The van der Waals surface area contributed by atoms with E-state index in [1.54, 1.807) is 36.4 Å². The van der Waals surface area contributed by atoms with Crippen LogP contribution >= 0.6 is 11.6 Å². The van der Waals surface area contributed by atoms with Crippen molar-refractivity contribution in [2.24, 2.45) is 0 Å². The molecule has 1 N–H and O–H groups in total. The molecule has 2 aromatic carbocycles. The van der Waals surface area contributed by atoms with E-state index < -0.39 is 10.0 Å². The number of anilines is 1. The van der Waals surface area contributed by atoms with E-state index in [4.69, 9.17) is 11.6 Å². The zero-order valence-electron chi connectivity index (χ0n) is 16.8. The zero-order valence-corrected chi connectivity index (χ0v) is 18.3. The molecule has 3 rings (SSSR count). The highest BCUT2D eigenvalue weighted by Crippen LogP contribution is 2.20. The smallest absolute Gasteiger partial charge is 0.258 e. The number of carbonyl (C=O) groups is 1. The Kier molecular flexibility index (Phi) is 6.50. The number of carbonyl (C=O) groups excluding carboxylic acids is 1. The highest BCUT2D eigenvalue weighted by Gasteiger charge is 2.21. The Bertz CT molecular complexity index is 1160. The number of hydrogen-bond acceptors (Lipinski definition) is 5. The quantitative estimate of drug-likeness (QED) is 0.623. The van der Waals surface area contributed by atoms with Crippen LogP contribution in [0.4, 0.5) is 5.69 Å². The minimum Gasteiger partial charge on any atom is -0.322 e. The third-order valence-electron chi connectivity index (χ3n) is 4.49. The Morgan fingerprint density at radius 1 is 1.07 bits per heavy atom. The Labute approximate surface area is 180 Å². The molecule has 0 atom stereocenters. The summed E-state index contributed by atoms with van der Waals surface area (Å²) in [7, 11) is -2.21. The summed E-state index contributed by atoms with van der Waals surface area (Å²) in [6.07, 6.45) is 2.72. The normalized spacial score (nSPS) is 11.5. The first kappa shape index (κ1) is 21.9. The minimum absolute atomic E-state index is 0.0221. The summed E-state index contributed by atoms with van der Waals surface area (Å²) in [5.74, 6) is -0.106. The molecule has 1 amide bonds. The number of nitrogens with one attached hydrogen (secondary N) is 1. The number of aromatic nitrogens is 2. The topological polar surface area (TPSA) is 92.3 Å². The van der Waals surface area contributed by atoms with Crippen molar-refractivity contribution < 1.29 is 13.2 Å². The second kappa shape index (κ2) is 8.91. The first-order chi connectivity index (χ1) is 14.2. The van der Waals surface area contributed by atoms with Crippen molar-refractivity contribution in [3.05, 3.63) is 82.4 Å². The Morgan fingerprint density at radius 2 is 1.70 bits per heavy atom. The van der Waals surface area contributed by atoms with Crippen molar-refractivity contribution in [3.8, 4) is 0 Å². The van der Waals surface area contributed by atoms with Crippen molar-refractivity contribution in [1.29, 1.82) is 0 Å². The van der Waals surface area contributed by atoms with Crippen LogP contribution in [-0.4, -0.2) is 35.6 Å². The molecule has 30 heavy (non-hydrogen) atoms. The van der Waals surface area contributed by atoms with Gasteiger partial charge in [-0.3, -0.25) is 4.79 Å². The number of rotatable bonds is 6. The molecule has 0 bridgehead atoms. The molecule has 3 aromatic rings. The molecule has 0 aliphatic carbocycles. The molecule has 0 aliphatic rings. The Hall–Kier alpha value is -2.81. The molecule has 0 saturated carbocycles. The van der Waals surface area contributed by atoms with Crippen LogP contribution in [0, 0.1) is 13.8 Å². The lowest BCUT2D eigenvalue weighted by atomic mass is 10.2. The predicted molar refractivity (Wildman–Crippen MR) is 116 cm³/mol. The fourth-order valence-electron chi connectivity index (χ4n) is 2.60. The average molecular weight is 445 g/mol. The number of nitrogens with zero attached hydrogens (tertiary/aromatic N) is 3. The second-order valence-electron chi connectivity index (χ2n) is 6.88. The first-order valence-corrected chi connectivity index (χ1v) is 10.9. The van der Waals surface area contributed by atoms with Crippen LogP contribution in [0.25, 0.3) is 0 Å². The molecule has 0 aliphatic heterocycles. The molecular weight excluding hydrogens is 424 g/mol. The monoisotopic (exact) mass is 444 g/mol. The van der Waals surface area contributed by atoms with E-state index in [0.717, 1.165) is 11.1 Å². The number of benzene rings is 2. The molecule has 9 heteroatoms. The zero-order chi connectivity index (χ0) is 21.9. The fourth-order valence-corrected chi connectivity index (χ4v) is 3.91. The third-order valence-corrected chi connectivity index (χ3v) is 6.72. The van der Waals surface area contributed by atoms with Gasteiger partial charge in [0.15, 0.2) is 0 Å². The Morgan fingerprint density at radius 3 is 2.30 bits per heavy atom. The van der Waals surface area contributed by atoms with E-state index in [0.29, 0.717) is 10.7 Å². The Balaban J connectivity index is 1.68. The average Bonchev–Trinajstić information content (AvgIpc) is 2.71. The molecule has 0 spiro atoms. The van der Waals surface area contributed by atoms with Gasteiger partial charge in [-0.25, -0.2) is 18.4 Å². The maximum Gasteiger partial charge on any atom is 0.258 e. The lowest BCUT2D eigenvalue weighted by Gasteiger charge is -2.16. The van der Waals surface area contributed by atoms with Gasteiger partial charge in [0.05, 0.1) is 17.0 Å². The van der Waals surface area contributed by atoms with Gasteiger partial charge in [0.1, 0.15) is 5.82 Å². The summed E-state index contributed by atoms with van der Waals surface area (Å²) in [5, 5.41) is 3.28. The SMILES string of the molecule is Cc1ccc(S(=O)(=O)N(C)Cc2ncc(C(=O)Nc3ccc(C)c(Cl)c3)cn2)cc1. The molecule has 0 radical (unpaired) electrons. The highest BCUT2D eigenvalue weighted by molar-refractivity contribution is 7.89. The lowest BCUT2D eigenvalue weighted by Crippen LogP contribution is -2.27. The molecule has 0 unspecified atom stereocenters. The standard InChI is InChI=1S/C21H21ClN4O3S/c1-14-4-8-18(9-5-14)30(28,29)26(3)13-20-23-11-16(12-24-20)21(27)25-17-7-6-15(2)19(22)10-17/h4-12H,13H2,1-3H3,(H,25,27). The van der Waals surface area contributed by atoms with E-state index in [-0.39, 0.29) is 28.7 Å². The highest BCUT2D eigenvalue weighted by atomic mass is 35.5. The van der Waals surface area contributed by atoms with Crippen molar-refractivity contribution in [1.82, 2.24) is 14.3 Å². The van der Waals surface area contributed by atoms with Crippen LogP contribution in [0.15, 0.2) is 59.8 Å². The van der Waals surface area contributed by atoms with Gasteiger partial charge in [0, 0.05) is 30.2 Å². The van der Waals surface area contributed by atoms with Gasteiger partial charge >= 0.3 is 0 Å². The van der Waals surface area contributed by atoms with E-state index in [1.807, 2.05) is 19.9 Å².